The molecule has 0 spiro atoms. The van der Waals surface area contributed by atoms with Crippen LogP contribution in [0.5, 0.6) is 0 Å². The van der Waals surface area contributed by atoms with Crippen molar-refractivity contribution in [3.8, 4) is 0 Å². The lowest BCUT2D eigenvalue weighted by Crippen LogP contribution is -1.67. The molecule has 0 bridgehead atoms. The summed E-state index contributed by atoms with van der Waals surface area (Å²) in [5.41, 5.74) is 0. The van der Waals surface area contributed by atoms with Crippen molar-refractivity contribution in [3.63, 3.8) is 0 Å². The first-order valence-corrected chi connectivity index (χ1v) is 4.52. The van der Waals surface area contributed by atoms with Crippen molar-refractivity contribution in [3.05, 3.63) is 48.6 Å². The summed E-state index contributed by atoms with van der Waals surface area (Å²) in [5.74, 6) is 0. The van der Waals surface area contributed by atoms with Gasteiger partial charge in [0.2, 0.25) is 0 Å². The van der Waals surface area contributed by atoms with Gasteiger partial charge in [0.05, 0.1) is 0 Å². The van der Waals surface area contributed by atoms with E-state index in [2.05, 4.69) is 48.6 Å². The summed E-state index contributed by atoms with van der Waals surface area (Å²) in [7, 11) is 0. The Balaban J connectivity index is 2.41. The van der Waals surface area contributed by atoms with Gasteiger partial charge in [0.1, 0.15) is 0 Å². The topological polar surface area (TPSA) is 0 Å². The predicted octanol–water partition coefficient (Wildman–Crippen LogP) is 3.59. The maximum absolute atomic E-state index is 3.21. The smallest absolute Gasteiger partial charge is 0.00946 e. The van der Waals surface area contributed by atoms with Crippen molar-refractivity contribution in [1.29, 1.82) is 0 Å². The highest BCUT2D eigenvalue weighted by atomic mass is 13.8. The lowest BCUT2D eigenvalue weighted by atomic mass is 10.2. The van der Waals surface area contributed by atoms with E-state index in [4.69, 9.17) is 0 Å². The minimum Gasteiger partial charge on any atom is -0.0879 e. The van der Waals surface area contributed by atoms with E-state index in [-0.39, 0.29) is 0 Å². The lowest BCUT2D eigenvalue weighted by molar-refractivity contribution is 1.04. The van der Waals surface area contributed by atoms with Gasteiger partial charge in [-0.25, -0.2) is 0 Å². The fourth-order valence-corrected chi connectivity index (χ4v) is 1.03. The van der Waals surface area contributed by atoms with E-state index in [1.807, 2.05) is 0 Å². The van der Waals surface area contributed by atoms with Crippen molar-refractivity contribution in [2.45, 2.75) is 25.7 Å². The van der Waals surface area contributed by atoms with Crippen molar-refractivity contribution in [2.75, 3.05) is 0 Å². The van der Waals surface area contributed by atoms with E-state index in [0.29, 0.717) is 0 Å². The molecule has 1 aliphatic carbocycles. The maximum Gasteiger partial charge on any atom is -0.00946 e. The second-order valence-electron chi connectivity index (χ2n) is 2.75. The van der Waals surface area contributed by atoms with Crippen molar-refractivity contribution in [1.82, 2.24) is 0 Å². The molecule has 0 saturated carbocycles. The molecule has 0 heterocycles. The summed E-state index contributed by atoms with van der Waals surface area (Å²) in [6.07, 6.45) is 22.5. The van der Waals surface area contributed by atoms with Gasteiger partial charge < -0.3 is 0 Å². The molecular formula is C12H15. The van der Waals surface area contributed by atoms with Crippen molar-refractivity contribution >= 4 is 0 Å². The molecule has 1 aliphatic rings. The predicted molar refractivity (Wildman–Crippen MR) is 53.7 cm³/mol. The lowest BCUT2D eigenvalue weighted by Gasteiger charge is -1.87. The normalized spacial score (nSPS) is 29.3. The van der Waals surface area contributed by atoms with Crippen molar-refractivity contribution < 1.29 is 0 Å². The van der Waals surface area contributed by atoms with E-state index in [9.17, 15) is 0 Å². The third-order valence-corrected chi connectivity index (χ3v) is 1.68. The summed E-state index contributed by atoms with van der Waals surface area (Å²) >= 11 is 0. The molecule has 0 aromatic rings. The summed E-state index contributed by atoms with van der Waals surface area (Å²) in [4.78, 5) is 0. The monoisotopic (exact) mass is 159 g/mol. The molecule has 0 saturated heterocycles. The Bertz CT molecular complexity index is 204. The van der Waals surface area contributed by atoms with Gasteiger partial charge in [-0.05, 0) is 31.8 Å². The van der Waals surface area contributed by atoms with Crippen molar-refractivity contribution in [2.24, 2.45) is 0 Å². The highest BCUT2D eigenvalue weighted by Gasteiger charge is 1.78. The second-order valence-corrected chi connectivity index (χ2v) is 2.75. The Labute approximate surface area is 75.0 Å². The molecule has 1 rings (SSSR count). The Morgan fingerprint density at radius 3 is 2.67 bits per heavy atom. The molecule has 0 unspecified atom stereocenters. The molecule has 0 aromatic carbocycles. The van der Waals surface area contributed by atoms with Gasteiger partial charge in [0.25, 0.3) is 0 Å². The molecule has 0 aromatic heterocycles. The minimum atomic E-state index is 0.929. The van der Waals surface area contributed by atoms with Gasteiger partial charge in [-0.3, -0.25) is 0 Å². The van der Waals surface area contributed by atoms with Crippen LogP contribution in [0.15, 0.2) is 42.5 Å². The first-order chi connectivity index (χ1) is 6.00. The molecule has 0 N–H and O–H groups in total. The van der Waals surface area contributed by atoms with Crippen LogP contribution in [0.1, 0.15) is 25.7 Å². The van der Waals surface area contributed by atoms with Crippen LogP contribution in [0.25, 0.3) is 0 Å². The SMILES string of the molecule is [C]1=C\C/C=C/CC/C=C/C=C\C/1. The van der Waals surface area contributed by atoms with E-state index in [1.165, 1.54) is 0 Å². The van der Waals surface area contributed by atoms with Gasteiger partial charge >= 0.3 is 0 Å². The molecule has 0 atom stereocenters. The van der Waals surface area contributed by atoms with Gasteiger partial charge in [-0.2, -0.15) is 0 Å². The van der Waals surface area contributed by atoms with Crippen LogP contribution in [0.3, 0.4) is 0 Å². The first-order valence-electron chi connectivity index (χ1n) is 4.52. The fourth-order valence-electron chi connectivity index (χ4n) is 1.03. The zero-order valence-electron chi connectivity index (χ0n) is 7.37. The fraction of sp³-hybridized carbons (Fsp3) is 0.333. The molecule has 0 nitrogen and oxygen atoms in total. The van der Waals surface area contributed by atoms with Crippen LogP contribution < -0.4 is 0 Å². The number of allylic oxidation sites excluding steroid dienone is 8. The Morgan fingerprint density at radius 2 is 1.67 bits per heavy atom. The maximum atomic E-state index is 3.21. The molecule has 0 amide bonds. The zero-order chi connectivity index (χ0) is 8.49. The van der Waals surface area contributed by atoms with E-state index in [0.717, 1.165) is 25.7 Å². The van der Waals surface area contributed by atoms with Crippen LogP contribution in [-0.2, 0) is 0 Å². The van der Waals surface area contributed by atoms with E-state index < -0.39 is 0 Å². The Morgan fingerprint density at radius 1 is 0.833 bits per heavy atom. The van der Waals surface area contributed by atoms with Crippen LogP contribution in [0, 0.1) is 6.08 Å². The quantitative estimate of drug-likeness (QED) is 0.474. The average molecular weight is 159 g/mol. The summed E-state index contributed by atoms with van der Waals surface area (Å²) < 4.78 is 0. The third-order valence-electron chi connectivity index (χ3n) is 1.68. The molecule has 0 heteroatoms. The molecule has 12 heavy (non-hydrogen) atoms. The zero-order valence-corrected chi connectivity index (χ0v) is 7.37. The average Bonchev–Trinajstić information content (AvgIpc) is 2.05. The van der Waals surface area contributed by atoms with Crippen LogP contribution >= 0.6 is 0 Å². The second kappa shape index (κ2) is 6.66. The van der Waals surface area contributed by atoms with Crippen LogP contribution in [0.4, 0.5) is 0 Å². The number of rotatable bonds is 0. The minimum absolute atomic E-state index is 0.929. The van der Waals surface area contributed by atoms with Gasteiger partial charge in [0.15, 0.2) is 0 Å². The summed E-state index contributed by atoms with van der Waals surface area (Å²) in [6.45, 7) is 0. The standard InChI is InChI=1S/C12H15/c1-2-4-6-8-10-12-11-9-7-5-3-1/h1-4,9-11H,5-7,12H2/b3-1+,4-2-,10-8?,11-9+. The number of hydrogen-bond acceptors (Lipinski definition) is 0. The molecule has 0 fully saturated rings. The van der Waals surface area contributed by atoms with Crippen LogP contribution in [-0.4, -0.2) is 0 Å². The summed E-state index contributed by atoms with van der Waals surface area (Å²) in [5, 5.41) is 0. The van der Waals surface area contributed by atoms with Gasteiger partial charge in [-0.1, -0.05) is 42.5 Å². The van der Waals surface area contributed by atoms with E-state index >= 15 is 0 Å². The first kappa shape index (κ1) is 9.05. The Kier molecular flexibility index (Phi) is 5.02. The largest absolute Gasteiger partial charge is 0.0879 e. The van der Waals surface area contributed by atoms with Crippen LogP contribution in [0.2, 0.25) is 0 Å². The Hall–Kier alpha value is -1.04. The molecular weight excluding hydrogens is 144 g/mol. The highest BCUT2D eigenvalue weighted by molar-refractivity contribution is 5.05. The third kappa shape index (κ3) is 4.73. The van der Waals surface area contributed by atoms with E-state index in [1.54, 1.807) is 0 Å². The van der Waals surface area contributed by atoms with Gasteiger partial charge in [-0.15, -0.1) is 0 Å². The molecule has 1 radical (unpaired) electrons. The summed E-state index contributed by atoms with van der Waals surface area (Å²) in [6, 6.07) is 0. The van der Waals surface area contributed by atoms with Gasteiger partial charge in [0, 0.05) is 0 Å². The molecule has 63 valence electrons. The highest BCUT2D eigenvalue weighted by Crippen LogP contribution is 1.98. The number of hydrogen-bond donors (Lipinski definition) is 0. The molecule has 0 aliphatic heterocycles.